The zero-order valence-electron chi connectivity index (χ0n) is 28.1. The highest BCUT2D eigenvalue weighted by Gasteiger charge is 2.27. The first-order chi connectivity index (χ1) is 25.9. The molecule has 270 valence electrons. The van der Waals surface area contributed by atoms with Crippen LogP contribution in [-0.4, -0.2) is 35.6 Å². The number of benzene rings is 6. The van der Waals surface area contributed by atoms with Gasteiger partial charge in [-0.3, -0.25) is 47.5 Å². The van der Waals surface area contributed by atoms with Gasteiger partial charge in [-0.25, -0.2) is 0 Å². The van der Waals surface area contributed by atoms with E-state index in [0.29, 0.717) is 0 Å². The Hall–Kier alpha value is -7.04. The van der Waals surface area contributed by atoms with Gasteiger partial charge in [-0.15, -0.1) is 0 Å². The molecule has 0 amide bonds. The number of rotatable bonds is 9. The second-order valence-corrected chi connectivity index (χ2v) is 12.8. The summed E-state index contributed by atoms with van der Waals surface area (Å²) in [4.78, 5) is 107. The Morgan fingerprint density at radius 1 is 0.370 bits per heavy atom. The maximum absolute atomic E-state index is 13.4. The van der Waals surface area contributed by atoms with Gasteiger partial charge in [-0.05, 0) is 0 Å². The van der Waals surface area contributed by atoms with Crippen molar-refractivity contribution in [3.63, 3.8) is 0 Å². The molecule has 8 aromatic rings. The Bertz CT molecular complexity index is 2970. The van der Waals surface area contributed by atoms with Crippen LogP contribution in [0.1, 0.15) is 0 Å². The maximum Gasteiger partial charge on any atom is 0.263 e. The standard InChI is InChI=1S/C38H28N6O10/c39-27-19-20(32(46)16-6-2-1-5-15(16)31(19)45)28(40)24-23(27)35(49)43(36(24)50)9-11-53-13-14-54-12-10-44-37(51)25-26(38(44)52)30(42)22-21(29(25)41)33(47)17-7-3-4-8-18(17)34(22)48/h1-8H,9-14,39-42H2. The van der Waals surface area contributed by atoms with Crippen LogP contribution in [0.15, 0.2) is 86.9 Å². The highest BCUT2D eigenvalue weighted by molar-refractivity contribution is 6.22. The first-order valence-electron chi connectivity index (χ1n) is 16.6. The van der Waals surface area contributed by atoms with Gasteiger partial charge in [0.25, 0.3) is 22.2 Å². The van der Waals surface area contributed by atoms with Crippen molar-refractivity contribution < 1.29 is 9.47 Å². The first kappa shape index (κ1) is 34.1. The number of ether oxygens (including phenoxy) is 2. The maximum atomic E-state index is 13.4. The van der Waals surface area contributed by atoms with E-state index in [1.807, 2.05) is 0 Å². The van der Waals surface area contributed by atoms with Gasteiger partial charge in [0.15, 0.2) is 21.7 Å². The Kier molecular flexibility index (Phi) is 7.75. The molecule has 16 nitrogen and oxygen atoms in total. The fraction of sp³-hybridized carbons (Fsp3) is 0.158. The average molecular weight is 729 g/mol. The molecule has 0 aliphatic heterocycles. The van der Waals surface area contributed by atoms with Crippen LogP contribution in [0.4, 0.5) is 22.7 Å². The molecular weight excluding hydrogens is 700 g/mol. The van der Waals surface area contributed by atoms with Gasteiger partial charge in [0.1, 0.15) is 0 Å². The van der Waals surface area contributed by atoms with Crippen LogP contribution in [0.25, 0.3) is 64.6 Å². The molecule has 0 saturated heterocycles. The molecule has 16 heteroatoms. The van der Waals surface area contributed by atoms with Crippen molar-refractivity contribution in [2.45, 2.75) is 13.1 Å². The molecule has 0 radical (unpaired) electrons. The fourth-order valence-electron chi connectivity index (χ4n) is 7.47. The van der Waals surface area contributed by atoms with Crippen LogP contribution < -0.4 is 66.9 Å². The summed E-state index contributed by atoms with van der Waals surface area (Å²) in [5.41, 5.74) is 18.4. The van der Waals surface area contributed by atoms with Crippen molar-refractivity contribution in [1.29, 1.82) is 0 Å². The second-order valence-electron chi connectivity index (χ2n) is 12.8. The molecule has 0 atom stereocenters. The Morgan fingerprint density at radius 3 is 0.852 bits per heavy atom. The number of anilines is 4. The lowest BCUT2D eigenvalue weighted by Crippen LogP contribution is -2.28. The number of fused-ring (bicyclic) bond motifs is 6. The quantitative estimate of drug-likeness (QED) is 0.0655. The van der Waals surface area contributed by atoms with E-state index in [-0.39, 0.29) is 127 Å². The lowest BCUT2D eigenvalue weighted by Gasteiger charge is -2.07. The molecule has 0 unspecified atom stereocenters. The Labute approximate surface area is 298 Å². The van der Waals surface area contributed by atoms with Gasteiger partial charge in [0.2, 0.25) is 0 Å². The van der Waals surface area contributed by atoms with Crippen LogP contribution in [0.3, 0.4) is 0 Å². The summed E-state index contributed by atoms with van der Waals surface area (Å²) in [6, 6.07) is 12.2. The van der Waals surface area contributed by atoms with E-state index in [9.17, 15) is 38.4 Å². The van der Waals surface area contributed by atoms with Crippen molar-refractivity contribution >= 4 is 87.4 Å². The van der Waals surface area contributed by atoms with Gasteiger partial charge in [0, 0.05) is 21.5 Å². The number of hydrogen-bond donors (Lipinski definition) is 4. The van der Waals surface area contributed by atoms with Gasteiger partial charge >= 0.3 is 0 Å². The fourth-order valence-corrected chi connectivity index (χ4v) is 7.47. The summed E-state index contributed by atoms with van der Waals surface area (Å²) >= 11 is 0. The molecule has 0 fully saturated rings. The number of nitrogen functional groups attached to an aromatic ring is 4. The normalized spacial score (nSPS) is 12.1. The third-order valence-corrected chi connectivity index (χ3v) is 10.0. The van der Waals surface area contributed by atoms with Gasteiger partial charge < -0.3 is 32.4 Å². The van der Waals surface area contributed by atoms with Crippen LogP contribution in [0, 0.1) is 0 Å². The first-order valence-corrected chi connectivity index (χ1v) is 16.6. The van der Waals surface area contributed by atoms with Crippen molar-refractivity contribution in [3.8, 4) is 0 Å². The van der Waals surface area contributed by atoms with E-state index in [1.165, 1.54) is 24.3 Å². The van der Waals surface area contributed by atoms with Crippen LogP contribution >= 0.6 is 0 Å². The van der Waals surface area contributed by atoms with Crippen molar-refractivity contribution in [2.24, 2.45) is 0 Å². The van der Waals surface area contributed by atoms with E-state index in [1.54, 1.807) is 24.3 Å². The molecular formula is C38H28N6O10. The molecule has 54 heavy (non-hydrogen) atoms. The molecule has 0 bridgehead atoms. The SMILES string of the molecule is Nc1c2c(=O)c3ccccc3c(=O)c2c(N)c2c(=O)n(CCOCCOCCn3c(=O)c4c(N)c5c(=O)c6ccccc6c(=O)c5c(N)c4c3=O)c(=O)c12. The minimum Gasteiger partial charge on any atom is -0.397 e. The average Bonchev–Trinajstić information content (AvgIpc) is 3.57. The smallest absolute Gasteiger partial charge is 0.263 e. The topological polar surface area (TPSA) is 269 Å². The molecule has 0 aliphatic carbocycles. The van der Waals surface area contributed by atoms with Crippen molar-refractivity contribution in [3.05, 3.63) is 131 Å². The predicted molar refractivity (Wildman–Crippen MR) is 208 cm³/mol. The van der Waals surface area contributed by atoms with Gasteiger partial charge in [0.05, 0.1) is 105 Å². The summed E-state index contributed by atoms with van der Waals surface area (Å²) < 4.78 is 12.8. The number of hydrogen-bond acceptors (Lipinski definition) is 14. The number of aromatic nitrogens is 2. The molecule has 0 spiro atoms. The summed E-state index contributed by atoms with van der Waals surface area (Å²) in [6.45, 7) is -0.696. The number of nitrogens with zero attached hydrogens (tertiary/aromatic N) is 2. The molecule has 8 N–H and O–H groups in total. The molecule has 6 aromatic carbocycles. The van der Waals surface area contributed by atoms with Gasteiger partial charge in [-0.2, -0.15) is 0 Å². The van der Waals surface area contributed by atoms with Crippen LogP contribution in [-0.2, 0) is 22.6 Å². The van der Waals surface area contributed by atoms with E-state index in [2.05, 4.69) is 0 Å². The van der Waals surface area contributed by atoms with E-state index in [0.717, 1.165) is 9.13 Å². The van der Waals surface area contributed by atoms with Crippen molar-refractivity contribution in [1.82, 2.24) is 9.13 Å². The highest BCUT2D eigenvalue weighted by Crippen LogP contribution is 2.32. The van der Waals surface area contributed by atoms with Gasteiger partial charge in [-0.1, -0.05) is 48.5 Å². The predicted octanol–water partition coefficient (Wildman–Crippen LogP) is -0.0962. The zero-order chi connectivity index (χ0) is 38.3. The second kappa shape index (κ2) is 12.3. The van der Waals surface area contributed by atoms with E-state index in [4.69, 9.17) is 32.4 Å². The minimum absolute atomic E-state index is 0.0114. The summed E-state index contributed by atoms with van der Waals surface area (Å²) in [5.74, 6) is 0. The monoisotopic (exact) mass is 728 g/mol. The highest BCUT2D eigenvalue weighted by atomic mass is 16.5. The third kappa shape index (κ3) is 4.56. The van der Waals surface area contributed by atoms with E-state index >= 15 is 0 Å². The number of nitrogens with two attached hydrogens (primary N) is 4. The zero-order valence-corrected chi connectivity index (χ0v) is 28.1. The Morgan fingerprint density at radius 2 is 0.611 bits per heavy atom. The van der Waals surface area contributed by atoms with Crippen LogP contribution in [0.5, 0.6) is 0 Å². The largest absolute Gasteiger partial charge is 0.397 e. The molecule has 0 aliphatic rings. The Balaban J connectivity index is 0.973. The summed E-state index contributed by atoms with van der Waals surface area (Å²) in [6.07, 6.45) is 0. The lowest BCUT2D eigenvalue weighted by molar-refractivity contribution is 0.0414. The molecule has 2 aromatic heterocycles. The molecule has 8 rings (SSSR count). The minimum atomic E-state index is -0.790. The lowest BCUT2D eigenvalue weighted by atomic mass is 9.97. The van der Waals surface area contributed by atoms with Crippen LogP contribution in [0.2, 0.25) is 0 Å². The molecule has 0 saturated carbocycles. The van der Waals surface area contributed by atoms with E-state index < -0.39 is 44.0 Å². The summed E-state index contributed by atoms with van der Waals surface area (Å²) in [5, 5.41) is -1.39. The molecule has 2 heterocycles. The van der Waals surface area contributed by atoms with Crippen molar-refractivity contribution in [2.75, 3.05) is 49.4 Å². The summed E-state index contributed by atoms with van der Waals surface area (Å²) in [7, 11) is 0. The third-order valence-electron chi connectivity index (χ3n) is 10.0.